The number of allylic oxidation sites excluding steroid dienone is 3. The van der Waals surface area contributed by atoms with Gasteiger partial charge in [-0.25, -0.2) is 4.98 Å². The van der Waals surface area contributed by atoms with Crippen molar-refractivity contribution < 1.29 is 0 Å². The Morgan fingerprint density at radius 3 is 2.17 bits per heavy atom. The van der Waals surface area contributed by atoms with Crippen molar-refractivity contribution in [3.63, 3.8) is 0 Å². The van der Waals surface area contributed by atoms with E-state index in [0.29, 0.717) is 0 Å². The fraction of sp³-hybridized carbons (Fsp3) is 0.476. The van der Waals surface area contributed by atoms with Gasteiger partial charge in [0.15, 0.2) is 0 Å². The van der Waals surface area contributed by atoms with Gasteiger partial charge in [0, 0.05) is 17.0 Å². The first-order valence-corrected chi connectivity index (χ1v) is 9.90. The number of nitrogens with two attached hydrogens (primary N) is 1. The Morgan fingerprint density at radius 2 is 1.75 bits per heavy atom. The highest BCUT2D eigenvalue weighted by Gasteiger charge is 2.14. The van der Waals surface area contributed by atoms with Crippen LogP contribution in [0.15, 0.2) is 30.2 Å². The number of aromatic nitrogens is 1. The van der Waals surface area contributed by atoms with Crippen molar-refractivity contribution in [1.29, 1.82) is 0 Å². The van der Waals surface area contributed by atoms with Gasteiger partial charge in [-0.3, -0.25) is 0 Å². The molecule has 2 heterocycles. The summed E-state index contributed by atoms with van der Waals surface area (Å²) in [5.74, 6) is 0. The first-order chi connectivity index (χ1) is 11.6. The van der Waals surface area contributed by atoms with E-state index in [1.807, 2.05) is 67.5 Å². The monoisotopic (exact) mass is 348 g/mol. The van der Waals surface area contributed by atoms with Crippen molar-refractivity contribution in [2.45, 2.75) is 68.4 Å². The number of fused-ring (bicyclic) bond motifs is 1. The summed E-state index contributed by atoms with van der Waals surface area (Å²) >= 11 is 1.67. The highest BCUT2D eigenvalue weighted by atomic mass is 32.1. The molecule has 0 saturated heterocycles. The van der Waals surface area contributed by atoms with Crippen LogP contribution in [0.2, 0.25) is 0 Å². The molecule has 0 saturated carbocycles. The topological polar surface area (TPSA) is 38.9 Å². The molecular weight excluding hydrogens is 312 g/mol. The average Bonchev–Trinajstić information content (AvgIpc) is 3.01. The van der Waals surface area contributed by atoms with E-state index in [2.05, 4.69) is 24.9 Å². The molecule has 0 aliphatic carbocycles. The largest absolute Gasteiger partial charge is 0.323 e. The number of aryl methyl sites for hydroxylation is 1. The minimum absolute atomic E-state index is 0.0818. The highest BCUT2D eigenvalue weighted by molar-refractivity contribution is 7.16. The third-order valence-electron chi connectivity index (χ3n) is 3.06. The Morgan fingerprint density at radius 1 is 1.21 bits per heavy atom. The van der Waals surface area contributed by atoms with Crippen LogP contribution in [0.5, 0.6) is 0 Å². The molecule has 2 rings (SSSR count). The number of thiophene rings is 1. The molecule has 0 amide bonds. The molecule has 0 aromatic carbocycles. The van der Waals surface area contributed by atoms with Gasteiger partial charge in [0.1, 0.15) is 4.83 Å². The normalized spacial score (nSPS) is 11.2. The summed E-state index contributed by atoms with van der Waals surface area (Å²) in [5.41, 5.74) is 10.4. The second kappa shape index (κ2) is 13.9. The molecule has 2 N–H and O–H groups in total. The van der Waals surface area contributed by atoms with Gasteiger partial charge in [-0.1, -0.05) is 60.3 Å². The Balaban J connectivity index is 0. The SMILES string of the molecule is C=C/C(=C\C)c1cc2c(C)csc2nc1C(C)N.CC.CC.CC. The molecule has 2 nitrogen and oxygen atoms in total. The summed E-state index contributed by atoms with van der Waals surface area (Å²) in [4.78, 5) is 5.78. The van der Waals surface area contributed by atoms with Crippen molar-refractivity contribution in [1.82, 2.24) is 4.98 Å². The van der Waals surface area contributed by atoms with Crippen LogP contribution in [0, 0.1) is 6.92 Å². The Labute approximate surface area is 153 Å². The van der Waals surface area contributed by atoms with Crippen molar-refractivity contribution in [2.75, 3.05) is 0 Å². The molecular formula is C21H36N2S. The average molecular weight is 349 g/mol. The van der Waals surface area contributed by atoms with E-state index in [4.69, 9.17) is 10.7 Å². The van der Waals surface area contributed by atoms with Gasteiger partial charge in [0.2, 0.25) is 0 Å². The summed E-state index contributed by atoms with van der Waals surface area (Å²) in [5, 5.41) is 3.34. The van der Waals surface area contributed by atoms with E-state index in [-0.39, 0.29) is 6.04 Å². The molecule has 24 heavy (non-hydrogen) atoms. The molecule has 0 aliphatic heterocycles. The lowest BCUT2D eigenvalue weighted by Crippen LogP contribution is -2.10. The fourth-order valence-corrected chi connectivity index (χ4v) is 2.96. The van der Waals surface area contributed by atoms with Crippen LogP contribution in [0.1, 0.15) is 78.3 Å². The first-order valence-electron chi connectivity index (χ1n) is 9.02. The van der Waals surface area contributed by atoms with E-state index in [0.717, 1.165) is 21.7 Å². The summed E-state index contributed by atoms with van der Waals surface area (Å²) < 4.78 is 0. The minimum atomic E-state index is -0.0818. The van der Waals surface area contributed by atoms with Gasteiger partial charge >= 0.3 is 0 Å². The molecule has 1 atom stereocenters. The number of pyridine rings is 1. The number of nitrogens with zero attached hydrogens (tertiary/aromatic N) is 1. The molecule has 3 heteroatoms. The van der Waals surface area contributed by atoms with Crippen LogP contribution in [-0.4, -0.2) is 4.98 Å². The van der Waals surface area contributed by atoms with Gasteiger partial charge in [-0.05, 0) is 43.4 Å². The molecule has 0 fully saturated rings. The molecule has 2 aromatic rings. The number of hydrogen-bond donors (Lipinski definition) is 1. The van der Waals surface area contributed by atoms with Gasteiger partial charge < -0.3 is 5.73 Å². The molecule has 0 spiro atoms. The second-order valence-electron chi connectivity index (χ2n) is 4.43. The predicted molar refractivity (Wildman–Crippen MR) is 115 cm³/mol. The van der Waals surface area contributed by atoms with E-state index >= 15 is 0 Å². The van der Waals surface area contributed by atoms with Gasteiger partial charge in [0.05, 0.1) is 5.69 Å². The fourth-order valence-electron chi connectivity index (χ4n) is 2.05. The third kappa shape index (κ3) is 6.21. The third-order valence-corrected chi connectivity index (χ3v) is 4.07. The Bertz CT molecular complexity index is 622. The summed E-state index contributed by atoms with van der Waals surface area (Å²) in [6.07, 6.45) is 3.90. The summed E-state index contributed by atoms with van der Waals surface area (Å²) in [7, 11) is 0. The maximum atomic E-state index is 6.04. The quantitative estimate of drug-likeness (QED) is 0.591. The van der Waals surface area contributed by atoms with Crippen molar-refractivity contribution in [3.8, 4) is 0 Å². The maximum absolute atomic E-state index is 6.04. The van der Waals surface area contributed by atoms with Crippen LogP contribution in [-0.2, 0) is 0 Å². The maximum Gasteiger partial charge on any atom is 0.123 e. The lowest BCUT2D eigenvalue weighted by Gasteiger charge is -2.13. The molecule has 0 radical (unpaired) electrons. The molecule has 0 bridgehead atoms. The lowest BCUT2D eigenvalue weighted by atomic mass is 9.99. The second-order valence-corrected chi connectivity index (χ2v) is 5.29. The predicted octanol–water partition coefficient (Wildman–Crippen LogP) is 7.29. The van der Waals surface area contributed by atoms with Crippen molar-refractivity contribution in [2.24, 2.45) is 5.73 Å². The highest BCUT2D eigenvalue weighted by Crippen LogP contribution is 2.31. The molecule has 1 unspecified atom stereocenters. The standard InChI is InChI=1S/C15H18N2S.3C2H6/c1-5-11(6-2)13-7-12-9(3)8-18-15(12)17-14(13)10(4)16;3*1-2/h5-8,10H,1,16H2,2-4H3;3*1-2H3/b11-6+;;;. The smallest absolute Gasteiger partial charge is 0.123 e. The Kier molecular flexibility index (Phi) is 14.4. The zero-order valence-electron chi connectivity index (χ0n) is 17.0. The van der Waals surface area contributed by atoms with Crippen molar-refractivity contribution in [3.05, 3.63) is 47.0 Å². The van der Waals surface area contributed by atoms with Gasteiger partial charge in [0.25, 0.3) is 0 Å². The zero-order chi connectivity index (χ0) is 19.3. The van der Waals surface area contributed by atoms with E-state index < -0.39 is 0 Å². The van der Waals surface area contributed by atoms with E-state index in [1.54, 1.807) is 11.3 Å². The van der Waals surface area contributed by atoms with Gasteiger partial charge in [-0.2, -0.15) is 0 Å². The van der Waals surface area contributed by atoms with Gasteiger partial charge in [-0.15, -0.1) is 11.3 Å². The molecule has 2 aromatic heterocycles. The van der Waals surface area contributed by atoms with Crippen LogP contribution in [0.3, 0.4) is 0 Å². The first kappa shape index (κ1) is 24.8. The van der Waals surface area contributed by atoms with Crippen LogP contribution in [0.25, 0.3) is 15.8 Å². The zero-order valence-corrected chi connectivity index (χ0v) is 17.8. The minimum Gasteiger partial charge on any atom is -0.323 e. The van der Waals surface area contributed by atoms with Crippen LogP contribution < -0.4 is 5.73 Å². The summed E-state index contributed by atoms with van der Waals surface area (Å²) in [6, 6.07) is 2.10. The molecule has 0 aliphatic rings. The molecule has 136 valence electrons. The number of rotatable bonds is 3. The van der Waals surface area contributed by atoms with Crippen LogP contribution in [0.4, 0.5) is 0 Å². The van der Waals surface area contributed by atoms with Crippen molar-refractivity contribution >= 4 is 27.1 Å². The lowest BCUT2D eigenvalue weighted by molar-refractivity contribution is 0.784. The van der Waals surface area contributed by atoms with Crippen LogP contribution >= 0.6 is 11.3 Å². The summed E-state index contributed by atoms with van der Waals surface area (Å²) in [6.45, 7) is 21.9. The number of hydrogen-bond acceptors (Lipinski definition) is 3. The van der Waals surface area contributed by atoms with E-state index in [1.165, 1.54) is 10.9 Å². The van der Waals surface area contributed by atoms with E-state index in [9.17, 15) is 0 Å². The Hall–Kier alpha value is -1.45.